The van der Waals surface area contributed by atoms with Crippen LogP contribution < -0.4 is 4.74 Å². The second-order valence-electron chi connectivity index (χ2n) is 12.1. The highest BCUT2D eigenvalue weighted by atomic mass is 16.5. The van der Waals surface area contributed by atoms with Crippen molar-refractivity contribution in [3.63, 3.8) is 0 Å². The minimum Gasteiger partial charge on any atom is -0.504 e. The molecule has 1 amide bonds. The van der Waals surface area contributed by atoms with Crippen LogP contribution in [0.2, 0.25) is 0 Å². The Kier molecular flexibility index (Phi) is 3.90. The molecule has 0 radical (unpaired) electrons. The zero-order valence-corrected chi connectivity index (χ0v) is 19.8. The Labute approximate surface area is 200 Å². The molecular weight excluding hydrogens is 428 g/mol. The fourth-order valence-electron chi connectivity index (χ4n) is 8.89. The second kappa shape index (κ2) is 6.58. The molecule has 8 rings (SSSR count). The van der Waals surface area contributed by atoms with E-state index >= 15 is 0 Å². The van der Waals surface area contributed by atoms with Gasteiger partial charge in [0, 0.05) is 30.3 Å². The standard InChI is InChI=1S/C28H34N2O4/c31-21-8-7-17-13-22-28(33)10-9-20(30-15-18-3-1-2-4-19(18)26(30)32)25-27(28,23(17)24(21)34-25)11-12-29(22)14-16-5-6-16/h7-8,16,20,22,25,31,33H,1-6,9-15H2/t20-,22-,25+,27+,28?/m1/s1. The molecule has 7 aliphatic rings. The number of benzene rings is 1. The highest BCUT2D eigenvalue weighted by Crippen LogP contribution is 2.66. The molecule has 6 heteroatoms. The maximum Gasteiger partial charge on any atom is 0.250 e. The lowest BCUT2D eigenvalue weighted by atomic mass is 9.48. The summed E-state index contributed by atoms with van der Waals surface area (Å²) >= 11 is 0. The molecule has 2 N–H and O–H groups in total. The molecule has 1 spiro atoms. The number of phenolic OH excluding ortho intramolecular Hbond substituents is 1. The molecule has 3 fully saturated rings. The lowest BCUT2D eigenvalue weighted by Crippen LogP contribution is -2.78. The number of carbonyl (C=O) groups excluding carboxylic acids is 1. The van der Waals surface area contributed by atoms with Gasteiger partial charge in [-0.2, -0.15) is 0 Å². The predicted molar refractivity (Wildman–Crippen MR) is 126 cm³/mol. The first-order valence-corrected chi connectivity index (χ1v) is 13.5. The summed E-state index contributed by atoms with van der Waals surface area (Å²) < 4.78 is 6.69. The van der Waals surface area contributed by atoms with E-state index in [0.29, 0.717) is 12.2 Å². The maximum absolute atomic E-state index is 13.6. The number of piperidine rings is 1. The number of nitrogens with zero attached hydrogens (tertiary/aromatic N) is 2. The van der Waals surface area contributed by atoms with E-state index in [1.807, 2.05) is 0 Å². The van der Waals surface area contributed by atoms with Crippen molar-refractivity contribution in [3.8, 4) is 11.5 Å². The highest BCUT2D eigenvalue weighted by Gasteiger charge is 2.73. The molecule has 6 nitrogen and oxygen atoms in total. The van der Waals surface area contributed by atoms with Gasteiger partial charge < -0.3 is 19.8 Å². The first-order chi connectivity index (χ1) is 16.5. The number of amides is 1. The first kappa shape index (κ1) is 20.2. The van der Waals surface area contributed by atoms with Crippen LogP contribution in [0.1, 0.15) is 68.9 Å². The summed E-state index contributed by atoms with van der Waals surface area (Å²) in [5.74, 6) is 1.73. The Morgan fingerprint density at radius 2 is 1.97 bits per heavy atom. The van der Waals surface area contributed by atoms with Crippen LogP contribution in [-0.4, -0.2) is 69.3 Å². The summed E-state index contributed by atoms with van der Waals surface area (Å²) in [6, 6.07) is 3.84. The van der Waals surface area contributed by atoms with Gasteiger partial charge in [-0.3, -0.25) is 9.69 Å². The number of phenols is 1. The number of aromatic hydroxyl groups is 1. The Morgan fingerprint density at radius 1 is 1.12 bits per heavy atom. The van der Waals surface area contributed by atoms with E-state index in [4.69, 9.17) is 4.74 Å². The summed E-state index contributed by atoms with van der Waals surface area (Å²) in [5, 5.41) is 23.5. The Bertz CT molecular complexity index is 1140. The van der Waals surface area contributed by atoms with Gasteiger partial charge in [0.2, 0.25) is 5.91 Å². The molecule has 1 saturated heterocycles. The van der Waals surface area contributed by atoms with Gasteiger partial charge in [0.15, 0.2) is 11.5 Å². The summed E-state index contributed by atoms with van der Waals surface area (Å²) in [4.78, 5) is 18.2. The quantitative estimate of drug-likeness (QED) is 0.723. The SMILES string of the molecule is O=C1C2=C(CCCC2)CN1[C@@H]1CCC2(O)[C@H]3Cc4ccc(O)c5c4[C@@]2(CCN3CC2CC2)[C@H]1O5. The van der Waals surface area contributed by atoms with Crippen LogP contribution in [0.5, 0.6) is 11.5 Å². The smallest absolute Gasteiger partial charge is 0.250 e. The van der Waals surface area contributed by atoms with E-state index in [0.717, 1.165) is 75.2 Å². The van der Waals surface area contributed by atoms with Crippen LogP contribution in [0.4, 0.5) is 0 Å². The number of likely N-dealkylation sites (tertiary alicyclic amines) is 1. The summed E-state index contributed by atoms with van der Waals surface area (Å²) in [6.07, 6.45) is 9.62. The van der Waals surface area contributed by atoms with Gasteiger partial charge in [-0.05, 0) is 93.9 Å². The lowest BCUT2D eigenvalue weighted by molar-refractivity contribution is -0.200. The molecule has 1 aromatic rings. The molecule has 1 aromatic carbocycles. The number of ether oxygens (including phenoxy) is 1. The molecule has 180 valence electrons. The van der Waals surface area contributed by atoms with E-state index < -0.39 is 11.0 Å². The van der Waals surface area contributed by atoms with Gasteiger partial charge in [-0.1, -0.05) is 6.07 Å². The van der Waals surface area contributed by atoms with E-state index in [1.165, 1.54) is 30.4 Å². The molecule has 0 aromatic heterocycles. The largest absolute Gasteiger partial charge is 0.504 e. The summed E-state index contributed by atoms with van der Waals surface area (Å²) in [7, 11) is 0. The van der Waals surface area contributed by atoms with E-state index in [2.05, 4.69) is 15.9 Å². The Hall–Kier alpha value is -2.05. The molecular formula is C28H34N2O4. The van der Waals surface area contributed by atoms with Gasteiger partial charge in [0.1, 0.15) is 6.10 Å². The van der Waals surface area contributed by atoms with Gasteiger partial charge in [-0.15, -0.1) is 0 Å². The van der Waals surface area contributed by atoms with Crippen molar-refractivity contribution in [2.45, 2.75) is 93.4 Å². The van der Waals surface area contributed by atoms with Gasteiger partial charge in [0.25, 0.3) is 0 Å². The maximum atomic E-state index is 13.6. The van der Waals surface area contributed by atoms with Gasteiger partial charge in [-0.25, -0.2) is 0 Å². The van der Waals surface area contributed by atoms with E-state index in [-0.39, 0.29) is 29.8 Å². The van der Waals surface area contributed by atoms with Crippen LogP contribution in [0.25, 0.3) is 0 Å². The Balaban J connectivity index is 1.24. The molecule has 3 aliphatic heterocycles. The van der Waals surface area contributed by atoms with Crippen molar-refractivity contribution in [1.82, 2.24) is 9.80 Å². The van der Waals surface area contributed by atoms with Crippen LogP contribution in [-0.2, 0) is 16.6 Å². The van der Waals surface area contributed by atoms with E-state index in [9.17, 15) is 15.0 Å². The van der Waals surface area contributed by atoms with Crippen molar-refractivity contribution < 1.29 is 19.7 Å². The first-order valence-electron chi connectivity index (χ1n) is 13.5. The van der Waals surface area contributed by atoms with E-state index in [1.54, 1.807) is 6.07 Å². The molecule has 5 atom stereocenters. The van der Waals surface area contributed by atoms with Crippen molar-refractivity contribution in [2.24, 2.45) is 5.92 Å². The summed E-state index contributed by atoms with van der Waals surface area (Å²) in [6.45, 7) is 2.76. The zero-order valence-electron chi connectivity index (χ0n) is 19.8. The number of rotatable bonds is 3. The number of aliphatic hydroxyl groups is 1. The number of hydrogen-bond donors (Lipinski definition) is 2. The molecule has 3 heterocycles. The summed E-state index contributed by atoms with van der Waals surface area (Å²) in [5.41, 5.74) is 3.21. The minimum atomic E-state index is -0.886. The molecule has 1 unspecified atom stereocenters. The predicted octanol–water partition coefficient (Wildman–Crippen LogP) is 3.04. The minimum absolute atomic E-state index is 0.0632. The fourth-order valence-corrected chi connectivity index (χ4v) is 8.89. The third-order valence-electron chi connectivity index (χ3n) is 10.6. The van der Waals surface area contributed by atoms with Crippen LogP contribution in [0.15, 0.2) is 23.3 Å². The molecule has 4 aliphatic carbocycles. The fraction of sp³-hybridized carbons (Fsp3) is 0.679. The van der Waals surface area contributed by atoms with Crippen molar-refractivity contribution >= 4 is 5.91 Å². The van der Waals surface area contributed by atoms with Crippen LogP contribution >= 0.6 is 0 Å². The second-order valence-corrected chi connectivity index (χ2v) is 12.1. The van der Waals surface area contributed by atoms with Crippen LogP contribution in [0, 0.1) is 5.92 Å². The topological polar surface area (TPSA) is 73.2 Å². The number of hydrogen-bond acceptors (Lipinski definition) is 5. The molecule has 2 saturated carbocycles. The average molecular weight is 463 g/mol. The number of carbonyl (C=O) groups is 1. The lowest BCUT2D eigenvalue weighted by Gasteiger charge is -2.64. The van der Waals surface area contributed by atoms with Gasteiger partial charge in [0.05, 0.1) is 17.1 Å². The van der Waals surface area contributed by atoms with Crippen molar-refractivity contribution in [1.29, 1.82) is 0 Å². The zero-order chi connectivity index (χ0) is 22.8. The van der Waals surface area contributed by atoms with Gasteiger partial charge >= 0.3 is 0 Å². The molecule has 2 bridgehead atoms. The van der Waals surface area contributed by atoms with Crippen molar-refractivity contribution in [2.75, 3.05) is 19.6 Å². The van der Waals surface area contributed by atoms with Crippen LogP contribution in [0.3, 0.4) is 0 Å². The monoisotopic (exact) mass is 462 g/mol. The third-order valence-corrected chi connectivity index (χ3v) is 10.6. The highest BCUT2D eigenvalue weighted by molar-refractivity contribution is 5.97. The third kappa shape index (κ3) is 2.32. The van der Waals surface area contributed by atoms with Crippen molar-refractivity contribution in [3.05, 3.63) is 34.4 Å². The average Bonchev–Trinajstić information content (AvgIpc) is 3.49. The Morgan fingerprint density at radius 3 is 2.79 bits per heavy atom. The molecule has 34 heavy (non-hydrogen) atoms. The normalized spacial score (nSPS) is 40.3.